The van der Waals surface area contributed by atoms with Crippen molar-refractivity contribution in [3.63, 3.8) is 0 Å². The zero-order valence-electron chi connectivity index (χ0n) is 13.2. The minimum atomic E-state index is -0.601. The van der Waals surface area contributed by atoms with E-state index in [1.807, 2.05) is 0 Å². The Hall–Kier alpha value is -3.29. The Labute approximate surface area is 143 Å². The first-order valence-corrected chi connectivity index (χ1v) is 7.49. The third-order valence-electron chi connectivity index (χ3n) is 3.35. The highest BCUT2D eigenvalue weighted by molar-refractivity contribution is 5.96. The summed E-state index contributed by atoms with van der Waals surface area (Å²) in [5, 5.41) is 15.7. The zero-order valence-corrected chi connectivity index (χ0v) is 13.2. The second-order valence-electron chi connectivity index (χ2n) is 5.22. The lowest BCUT2D eigenvalue weighted by molar-refractivity contribution is -0.384. The molecule has 2 N–H and O–H groups in total. The first kappa shape index (κ1) is 18.1. The molecule has 130 valence electrons. The molecule has 8 heteroatoms. The fourth-order valence-electron chi connectivity index (χ4n) is 2.12. The van der Waals surface area contributed by atoms with Gasteiger partial charge in [0.05, 0.1) is 11.5 Å². The van der Waals surface area contributed by atoms with Gasteiger partial charge in [-0.3, -0.25) is 19.7 Å². The molecule has 0 bridgehead atoms. The van der Waals surface area contributed by atoms with E-state index in [0.717, 1.165) is 11.6 Å². The predicted molar refractivity (Wildman–Crippen MR) is 88.5 cm³/mol. The number of nitro benzene ring substituents is 1. The lowest BCUT2D eigenvalue weighted by Crippen LogP contribution is -2.37. The Morgan fingerprint density at radius 1 is 1.08 bits per heavy atom. The van der Waals surface area contributed by atoms with Crippen LogP contribution in [0.2, 0.25) is 0 Å². The summed E-state index contributed by atoms with van der Waals surface area (Å²) in [6.07, 6.45) is 0.461. The van der Waals surface area contributed by atoms with Crippen LogP contribution < -0.4 is 10.6 Å². The average molecular weight is 345 g/mol. The van der Waals surface area contributed by atoms with Crippen LogP contribution in [0, 0.1) is 15.9 Å². The van der Waals surface area contributed by atoms with E-state index in [1.165, 1.54) is 30.3 Å². The molecule has 0 atom stereocenters. The molecule has 0 fully saturated rings. The summed E-state index contributed by atoms with van der Waals surface area (Å²) in [4.78, 5) is 33.7. The van der Waals surface area contributed by atoms with Crippen molar-refractivity contribution in [2.24, 2.45) is 0 Å². The lowest BCUT2D eigenvalue weighted by atomic mass is 10.1. The number of halogens is 1. The second kappa shape index (κ2) is 8.53. The SMILES string of the molecule is O=C(CNC(=O)c1cccc([N+](=O)[O-])c1)NCCc1cccc(F)c1. The van der Waals surface area contributed by atoms with Crippen molar-refractivity contribution in [3.05, 3.63) is 75.6 Å². The molecule has 0 aromatic heterocycles. The molecule has 2 amide bonds. The van der Waals surface area contributed by atoms with Crippen molar-refractivity contribution < 1.29 is 18.9 Å². The minimum Gasteiger partial charge on any atom is -0.354 e. The van der Waals surface area contributed by atoms with Crippen LogP contribution in [0.1, 0.15) is 15.9 Å². The number of nitrogens with zero attached hydrogens (tertiary/aromatic N) is 1. The second-order valence-corrected chi connectivity index (χ2v) is 5.22. The molecule has 0 spiro atoms. The number of hydrogen-bond donors (Lipinski definition) is 2. The highest BCUT2D eigenvalue weighted by Crippen LogP contribution is 2.12. The molecular weight excluding hydrogens is 329 g/mol. The number of carbonyl (C=O) groups is 2. The van der Waals surface area contributed by atoms with Crippen LogP contribution in [0.3, 0.4) is 0 Å². The highest BCUT2D eigenvalue weighted by Gasteiger charge is 2.12. The van der Waals surface area contributed by atoms with Crippen LogP contribution in [0.5, 0.6) is 0 Å². The molecule has 0 saturated carbocycles. The number of nitro groups is 1. The molecule has 0 radical (unpaired) electrons. The van der Waals surface area contributed by atoms with E-state index in [0.29, 0.717) is 13.0 Å². The van der Waals surface area contributed by atoms with Crippen LogP contribution >= 0.6 is 0 Å². The van der Waals surface area contributed by atoms with Gasteiger partial charge in [0, 0.05) is 24.2 Å². The van der Waals surface area contributed by atoms with Crippen molar-refractivity contribution in [2.45, 2.75) is 6.42 Å². The number of benzene rings is 2. The maximum absolute atomic E-state index is 13.0. The van der Waals surface area contributed by atoms with Crippen LogP contribution in [0.15, 0.2) is 48.5 Å². The Balaban J connectivity index is 1.76. The molecule has 0 heterocycles. The topological polar surface area (TPSA) is 101 Å². The van der Waals surface area contributed by atoms with E-state index in [4.69, 9.17) is 0 Å². The lowest BCUT2D eigenvalue weighted by Gasteiger charge is -2.07. The Morgan fingerprint density at radius 3 is 2.56 bits per heavy atom. The quantitative estimate of drug-likeness (QED) is 0.590. The fraction of sp³-hybridized carbons (Fsp3) is 0.176. The first-order valence-electron chi connectivity index (χ1n) is 7.49. The van der Waals surface area contributed by atoms with Crippen LogP contribution in [0.25, 0.3) is 0 Å². The molecule has 7 nitrogen and oxygen atoms in total. The van der Waals surface area contributed by atoms with Crippen LogP contribution in [0.4, 0.5) is 10.1 Å². The zero-order chi connectivity index (χ0) is 18.2. The monoisotopic (exact) mass is 345 g/mol. The maximum atomic E-state index is 13.0. The van der Waals surface area contributed by atoms with Gasteiger partial charge in [-0.25, -0.2) is 4.39 Å². The van der Waals surface area contributed by atoms with E-state index in [9.17, 15) is 24.1 Å². The summed E-state index contributed by atoms with van der Waals surface area (Å²) < 4.78 is 13.0. The van der Waals surface area contributed by atoms with Gasteiger partial charge in [-0.15, -0.1) is 0 Å². The van der Waals surface area contributed by atoms with Gasteiger partial charge in [0.15, 0.2) is 0 Å². The molecule has 2 aromatic rings. The van der Waals surface area contributed by atoms with Crippen molar-refractivity contribution in [1.82, 2.24) is 10.6 Å². The van der Waals surface area contributed by atoms with E-state index in [-0.39, 0.29) is 23.6 Å². The Bertz CT molecular complexity index is 795. The number of hydrogen-bond acceptors (Lipinski definition) is 4. The summed E-state index contributed by atoms with van der Waals surface area (Å²) in [5.74, 6) is -1.33. The van der Waals surface area contributed by atoms with Crippen LogP contribution in [-0.2, 0) is 11.2 Å². The van der Waals surface area contributed by atoms with E-state index in [1.54, 1.807) is 12.1 Å². The average Bonchev–Trinajstić information content (AvgIpc) is 2.60. The summed E-state index contributed by atoms with van der Waals surface area (Å²) >= 11 is 0. The largest absolute Gasteiger partial charge is 0.354 e. The van der Waals surface area contributed by atoms with Gasteiger partial charge in [0.1, 0.15) is 5.82 Å². The fourth-order valence-corrected chi connectivity index (χ4v) is 2.12. The molecular formula is C17H16FN3O4. The van der Waals surface area contributed by atoms with Crippen molar-refractivity contribution in [2.75, 3.05) is 13.1 Å². The molecule has 2 aromatic carbocycles. The first-order chi connectivity index (χ1) is 12.0. The molecule has 0 aliphatic rings. The molecule has 0 saturated heterocycles. The molecule has 25 heavy (non-hydrogen) atoms. The molecule has 0 aliphatic carbocycles. The van der Waals surface area contributed by atoms with Gasteiger partial charge in [-0.1, -0.05) is 18.2 Å². The predicted octanol–water partition coefficient (Wildman–Crippen LogP) is 1.82. The molecule has 2 rings (SSSR count). The van der Waals surface area contributed by atoms with Gasteiger partial charge in [0.25, 0.3) is 11.6 Å². The summed E-state index contributed by atoms with van der Waals surface area (Å²) in [6.45, 7) is 0.0413. The van der Waals surface area contributed by atoms with E-state index >= 15 is 0 Å². The van der Waals surface area contributed by atoms with Gasteiger partial charge >= 0.3 is 0 Å². The van der Waals surface area contributed by atoms with Crippen LogP contribution in [-0.4, -0.2) is 29.8 Å². The standard InChI is InChI=1S/C17H16FN3O4/c18-14-5-1-3-12(9-14)7-8-19-16(22)11-20-17(23)13-4-2-6-15(10-13)21(24)25/h1-6,9-10H,7-8,11H2,(H,19,22)(H,20,23). The number of amides is 2. The summed E-state index contributed by atoms with van der Waals surface area (Å²) in [5.41, 5.74) is 0.648. The van der Waals surface area contributed by atoms with Crippen molar-refractivity contribution >= 4 is 17.5 Å². The van der Waals surface area contributed by atoms with Gasteiger partial charge in [-0.2, -0.15) is 0 Å². The Morgan fingerprint density at radius 2 is 1.84 bits per heavy atom. The highest BCUT2D eigenvalue weighted by atomic mass is 19.1. The Kier molecular flexibility index (Phi) is 6.16. The van der Waals surface area contributed by atoms with E-state index in [2.05, 4.69) is 10.6 Å². The van der Waals surface area contributed by atoms with Gasteiger partial charge in [0.2, 0.25) is 5.91 Å². The van der Waals surface area contributed by atoms with Crippen molar-refractivity contribution in [3.8, 4) is 0 Å². The number of carbonyl (C=O) groups excluding carboxylic acids is 2. The summed E-state index contributed by atoms with van der Waals surface area (Å²) in [7, 11) is 0. The number of nitrogens with one attached hydrogen (secondary N) is 2. The molecule has 0 aliphatic heterocycles. The molecule has 0 unspecified atom stereocenters. The maximum Gasteiger partial charge on any atom is 0.270 e. The summed E-state index contributed by atoms with van der Waals surface area (Å²) in [6, 6.07) is 11.3. The van der Waals surface area contributed by atoms with Gasteiger partial charge in [-0.05, 0) is 30.2 Å². The van der Waals surface area contributed by atoms with Crippen molar-refractivity contribution in [1.29, 1.82) is 0 Å². The third kappa shape index (κ3) is 5.69. The minimum absolute atomic E-state index is 0.0989. The number of rotatable bonds is 7. The van der Waals surface area contributed by atoms with E-state index < -0.39 is 16.7 Å². The normalized spacial score (nSPS) is 10.1. The third-order valence-corrected chi connectivity index (χ3v) is 3.35. The smallest absolute Gasteiger partial charge is 0.270 e. The van der Waals surface area contributed by atoms with Gasteiger partial charge < -0.3 is 10.6 Å². The number of non-ortho nitro benzene ring substituents is 1.